The summed E-state index contributed by atoms with van der Waals surface area (Å²) in [6, 6.07) is 3.80. The van der Waals surface area contributed by atoms with Crippen LogP contribution in [0.15, 0.2) is 34.9 Å². The molecule has 0 spiro atoms. The van der Waals surface area contributed by atoms with Crippen LogP contribution in [-0.4, -0.2) is 45.7 Å². The standard InChI is InChI=1S/C26H31F3N4O4/c1-13(2)9-19-22(34)32-20(17-10-15-7-5-6-8-16(15)11-17)24(36)33(19)21(23(35)30-14(3)4)18-12-37-25(31-18)26(27,28)29/h5-8,12-14,17,19-21H,9-11H2,1-4H3,(H,30,35)(H,32,34). The van der Waals surface area contributed by atoms with Gasteiger partial charge >= 0.3 is 12.1 Å². The first kappa shape index (κ1) is 26.7. The average Bonchev–Trinajstić information content (AvgIpc) is 3.44. The van der Waals surface area contributed by atoms with Crippen LogP contribution in [0.2, 0.25) is 0 Å². The van der Waals surface area contributed by atoms with Crippen molar-refractivity contribution in [3.05, 3.63) is 53.2 Å². The van der Waals surface area contributed by atoms with Gasteiger partial charge in [0.25, 0.3) is 0 Å². The molecule has 0 bridgehead atoms. The average molecular weight is 521 g/mol. The molecule has 200 valence electrons. The summed E-state index contributed by atoms with van der Waals surface area (Å²) >= 11 is 0. The smallest absolute Gasteiger partial charge is 0.441 e. The van der Waals surface area contributed by atoms with Crippen molar-refractivity contribution in [1.82, 2.24) is 20.5 Å². The fraction of sp³-hybridized carbons (Fsp3) is 0.538. The quantitative estimate of drug-likeness (QED) is 0.582. The molecule has 11 heteroatoms. The van der Waals surface area contributed by atoms with Crippen LogP contribution in [0, 0.1) is 11.8 Å². The van der Waals surface area contributed by atoms with Gasteiger partial charge in [-0.1, -0.05) is 38.1 Å². The van der Waals surface area contributed by atoms with Gasteiger partial charge in [0.05, 0.1) is 0 Å². The number of aromatic nitrogens is 1. The SMILES string of the molecule is CC(C)CC1C(=O)NC(C2Cc3ccccc3C2)C(=O)N1C(C(=O)NC(C)C)c1coc(C(F)(F)F)n1. The highest BCUT2D eigenvalue weighted by molar-refractivity contribution is 6.00. The van der Waals surface area contributed by atoms with Crippen molar-refractivity contribution in [3.8, 4) is 0 Å². The van der Waals surface area contributed by atoms with Gasteiger partial charge in [-0.05, 0) is 56.1 Å². The molecule has 3 atom stereocenters. The van der Waals surface area contributed by atoms with Crippen LogP contribution in [0.3, 0.4) is 0 Å². The Morgan fingerprint density at radius 1 is 1.16 bits per heavy atom. The lowest BCUT2D eigenvalue weighted by atomic mass is 9.88. The van der Waals surface area contributed by atoms with Crippen molar-refractivity contribution in [2.24, 2.45) is 11.8 Å². The Labute approximate surface area is 213 Å². The summed E-state index contributed by atoms with van der Waals surface area (Å²) in [6.07, 6.45) is -2.82. The minimum atomic E-state index is -4.88. The third kappa shape index (κ3) is 5.50. The van der Waals surface area contributed by atoms with Crippen molar-refractivity contribution in [3.63, 3.8) is 0 Å². The van der Waals surface area contributed by atoms with E-state index in [0.717, 1.165) is 22.3 Å². The van der Waals surface area contributed by atoms with Gasteiger partial charge < -0.3 is 20.0 Å². The molecule has 4 rings (SSSR count). The van der Waals surface area contributed by atoms with Gasteiger partial charge in [-0.2, -0.15) is 13.2 Å². The highest BCUT2D eigenvalue weighted by Gasteiger charge is 2.50. The second kappa shape index (κ2) is 10.2. The van der Waals surface area contributed by atoms with Crippen LogP contribution >= 0.6 is 0 Å². The van der Waals surface area contributed by atoms with Gasteiger partial charge in [-0.3, -0.25) is 14.4 Å². The van der Waals surface area contributed by atoms with Gasteiger partial charge in [-0.25, -0.2) is 4.98 Å². The zero-order chi connectivity index (χ0) is 27.1. The van der Waals surface area contributed by atoms with E-state index in [1.165, 1.54) is 0 Å². The number of amides is 3. The number of nitrogens with one attached hydrogen (secondary N) is 2. The maximum absolute atomic E-state index is 14.1. The molecule has 1 saturated heterocycles. The first-order chi connectivity index (χ1) is 17.4. The number of benzene rings is 1. The summed E-state index contributed by atoms with van der Waals surface area (Å²) in [5, 5.41) is 5.53. The summed E-state index contributed by atoms with van der Waals surface area (Å²) in [6.45, 7) is 7.09. The lowest BCUT2D eigenvalue weighted by molar-refractivity contribution is -0.158. The maximum Gasteiger partial charge on any atom is 0.468 e. The number of piperazine rings is 1. The third-order valence-electron chi connectivity index (χ3n) is 6.71. The van der Waals surface area contributed by atoms with Crippen LogP contribution in [0.5, 0.6) is 0 Å². The van der Waals surface area contributed by atoms with Crippen LogP contribution in [0.1, 0.15) is 62.9 Å². The van der Waals surface area contributed by atoms with E-state index in [4.69, 9.17) is 0 Å². The predicted molar refractivity (Wildman–Crippen MR) is 127 cm³/mol. The third-order valence-corrected chi connectivity index (χ3v) is 6.71. The Morgan fingerprint density at radius 2 is 1.78 bits per heavy atom. The summed E-state index contributed by atoms with van der Waals surface area (Å²) in [5.41, 5.74) is 1.77. The molecular weight excluding hydrogens is 489 g/mol. The van der Waals surface area contributed by atoms with E-state index in [1.54, 1.807) is 13.8 Å². The Balaban J connectivity index is 1.76. The molecule has 0 radical (unpaired) electrons. The number of nitrogens with zero attached hydrogens (tertiary/aromatic N) is 2. The zero-order valence-electron chi connectivity index (χ0n) is 21.1. The predicted octanol–water partition coefficient (Wildman–Crippen LogP) is 3.42. The Bertz CT molecular complexity index is 1150. The molecule has 8 nitrogen and oxygen atoms in total. The van der Waals surface area contributed by atoms with Gasteiger partial charge in [-0.15, -0.1) is 0 Å². The number of carbonyl (C=O) groups excluding carboxylic acids is 3. The van der Waals surface area contributed by atoms with Gasteiger partial charge in [0.2, 0.25) is 17.7 Å². The van der Waals surface area contributed by atoms with Crippen molar-refractivity contribution < 1.29 is 32.0 Å². The molecule has 1 aliphatic heterocycles. The monoisotopic (exact) mass is 520 g/mol. The summed E-state index contributed by atoms with van der Waals surface area (Å²) in [5.74, 6) is -3.53. The molecule has 1 fully saturated rings. The molecule has 1 aromatic heterocycles. The van der Waals surface area contributed by atoms with E-state index in [0.29, 0.717) is 12.8 Å². The first-order valence-corrected chi connectivity index (χ1v) is 12.4. The van der Waals surface area contributed by atoms with Crippen LogP contribution in [-0.2, 0) is 33.4 Å². The van der Waals surface area contributed by atoms with Crippen LogP contribution in [0.4, 0.5) is 13.2 Å². The Kier molecular flexibility index (Phi) is 7.34. The highest BCUT2D eigenvalue weighted by atomic mass is 19.4. The molecule has 1 aromatic carbocycles. The van der Waals surface area contributed by atoms with E-state index in [-0.39, 0.29) is 30.0 Å². The molecular formula is C26H31F3N4O4. The van der Waals surface area contributed by atoms with E-state index >= 15 is 0 Å². The molecule has 3 unspecified atom stereocenters. The molecule has 2 N–H and O–H groups in total. The van der Waals surface area contributed by atoms with E-state index in [1.807, 2.05) is 38.1 Å². The Morgan fingerprint density at radius 3 is 2.30 bits per heavy atom. The van der Waals surface area contributed by atoms with Crippen molar-refractivity contribution in [2.45, 2.75) is 77.3 Å². The van der Waals surface area contributed by atoms with Crippen LogP contribution < -0.4 is 10.6 Å². The molecule has 2 aromatic rings. The van der Waals surface area contributed by atoms with Crippen molar-refractivity contribution >= 4 is 17.7 Å². The lowest BCUT2D eigenvalue weighted by Crippen LogP contribution is -2.67. The highest BCUT2D eigenvalue weighted by Crippen LogP contribution is 2.36. The van der Waals surface area contributed by atoms with Crippen molar-refractivity contribution in [2.75, 3.05) is 0 Å². The molecule has 2 heterocycles. The molecule has 3 amide bonds. The van der Waals surface area contributed by atoms with Crippen molar-refractivity contribution in [1.29, 1.82) is 0 Å². The minimum Gasteiger partial charge on any atom is -0.441 e. The fourth-order valence-electron chi connectivity index (χ4n) is 5.18. The molecule has 2 aliphatic rings. The number of oxazole rings is 1. The largest absolute Gasteiger partial charge is 0.468 e. The number of hydrogen-bond acceptors (Lipinski definition) is 5. The maximum atomic E-state index is 14.1. The number of halogens is 3. The van der Waals surface area contributed by atoms with Gasteiger partial charge in [0.1, 0.15) is 24.0 Å². The zero-order valence-corrected chi connectivity index (χ0v) is 21.1. The molecule has 1 aliphatic carbocycles. The second-order valence-electron chi connectivity index (χ2n) is 10.5. The first-order valence-electron chi connectivity index (χ1n) is 12.4. The Hall–Kier alpha value is -3.37. The summed E-state index contributed by atoms with van der Waals surface area (Å²) in [7, 11) is 0. The number of carbonyl (C=O) groups is 3. The summed E-state index contributed by atoms with van der Waals surface area (Å²) in [4.78, 5) is 45.5. The minimum absolute atomic E-state index is 0.0461. The number of alkyl halides is 3. The number of rotatable bonds is 7. The topological polar surface area (TPSA) is 105 Å². The fourth-order valence-corrected chi connectivity index (χ4v) is 5.18. The van der Waals surface area contributed by atoms with Gasteiger partial charge in [0, 0.05) is 6.04 Å². The van der Waals surface area contributed by atoms with E-state index in [2.05, 4.69) is 20.0 Å². The molecule has 0 saturated carbocycles. The second-order valence-corrected chi connectivity index (χ2v) is 10.5. The number of hydrogen-bond donors (Lipinski definition) is 2. The van der Waals surface area contributed by atoms with E-state index in [9.17, 15) is 27.6 Å². The van der Waals surface area contributed by atoms with E-state index < -0.39 is 47.9 Å². The number of fused-ring (bicyclic) bond motifs is 1. The summed E-state index contributed by atoms with van der Waals surface area (Å²) < 4.78 is 44.5. The lowest BCUT2D eigenvalue weighted by Gasteiger charge is -2.44. The normalized spacial score (nSPS) is 21.4. The van der Waals surface area contributed by atoms with Crippen LogP contribution in [0.25, 0.3) is 0 Å². The molecule has 37 heavy (non-hydrogen) atoms. The van der Waals surface area contributed by atoms with Gasteiger partial charge in [0.15, 0.2) is 6.04 Å².